The zero-order chi connectivity index (χ0) is 11.1. The van der Waals surface area contributed by atoms with E-state index in [9.17, 15) is 0 Å². The van der Waals surface area contributed by atoms with E-state index in [1.807, 2.05) is 12.3 Å². The van der Waals surface area contributed by atoms with Gasteiger partial charge in [-0.1, -0.05) is 25.8 Å². The van der Waals surface area contributed by atoms with Crippen molar-refractivity contribution >= 4 is 11.9 Å². The number of benzene rings is 1. The Kier molecular flexibility index (Phi) is 4.88. The maximum Gasteiger partial charge on any atom is 0.0403 e. The molecule has 2 nitrogen and oxygen atoms in total. The van der Waals surface area contributed by atoms with E-state index in [0.717, 1.165) is 17.7 Å². The van der Waals surface area contributed by atoms with Crippen LogP contribution < -0.4 is 5.73 Å². The SMILES string of the molecule is CCCCCc1ccc(N)c(/C=N\C)c1. The Labute approximate surface area is 92.2 Å². The van der Waals surface area contributed by atoms with Crippen LogP contribution in [0, 0.1) is 0 Å². The standard InChI is InChI=1S/C13H20N2/c1-3-4-5-6-11-7-8-13(14)12(9-11)10-15-2/h7-10H,3-6,14H2,1-2H3/b15-10-. The van der Waals surface area contributed by atoms with Crippen molar-refractivity contribution in [1.29, 1.82) is 0 Å². The van der Waals surface area contributed by atoms with Crippen LogP contribution in [0.3, 0.4) is 0 Å². The van der Waals surface area contributed by atoms with Crippen LogP contribution in [0.4, 0.5) is 5.69 Å². The van der Waals surface area contributed by atoms with E-state index < -0.39 is 0 Å². The average molecular weight is 204 g/mol. The van der Waals surface area contributed by atoms with Crippen molar-refractivity contribution < 1.29 is 0 Å². The first-order chi connectivity index (χ1) is 7.27. The quantitative estimate of drug-likeness (QED) is 0.447. The molecular weight excluding hydrogens is 184 g/mol. The number of hydrogen-bond donors (Lipinski definition) is 1. The Hall–Kier alpha value is -1.31. The van der Waals surface area contributed by atoms with E-state index in [4.69, 9.17) is 5.73 Å². The predicted octanol–water partition coefficient (Wildman–Crippen LogP) is 3.05. The number of nitrogens with two attached hydrogens (primary N) is 1. The van der Waals surface area contributed by atoms with Crippen LogP contribution in [-0.2, 0) is 6.42 Å². The number of rotatable bonds is 5. The molecule has 0 spiro atoms. The number of unbranched alkanes of at least 4 members (excludes halogenated alkanes) is 2. The van der Waals surface area contributed by atoms with Gasteiger partial charge in [-0.3, -0.25) is 4.99 Å². The smallest absolute Gasteiger partial charge is 0.0403 e. The molecule has 0 aliphatic carbocycles. The van der Waals surface area contributed by atoms with Gasteiger partial charge in [0.15, 0.2) is 0 Å². The van der Waals surface area contributed by atoms with Crippen molar-refractivity contribution in [2.24, 2.45) is 4.99 Å². The number of aryl methyl sites for hydroxylation is 1. The van der Waals surface area contributed by atoms with Gasteiger partial charge in [0, 0.05) is 24.5 Å². The van der Waals surface area contributed by atoms with Crippen molar-refractivity contribution in [3.8, 4) is 0 Å². The van der Waals surface area contributed by atoms with Crippen LogP contribution in [-0.4, -0.2) is 13.3 Å². The Bertz CT molecular complexity index is 329. The van der Waals surface area contributed by atoms with Crippen LogP contribution in [0.25, 0.3) is 0 Å². The molecule has 82 valence electrons. The number of nitrogen functional groups attached to an aromatic ring is 1. The summed E-state index contributed by atoms with van der Waals surface area (Å²) in [5.41, 5.74) is 9.03. The largest absolute Gasteiger partial charge is 0.398 e. The van der Waals surface area contributed by atoms with Crippen LogP contribution in [0.2, 0.25) is 0 Å². The minimum absolute atomic E-state index is 0.805. The minimum Gasteiger partial charge on any atom is -0.398 e. The molecule has 1 aromatic rings. The van der Waals surface area contributed by atoms with Gasteiger partial charge >= 0.3 is 0 Å². The first-order valence-electron chi connectivity index (χ1n) is 5.58. The van der Waals surface area contributed by atoms with Crippen LogP contribution in [0.15, 0.2) is 23.2 Å². The summed E-state index contributed by atoms with van der Waals surface area (Å²) in [6.07, 6.45) is 6.76. The second kappa shape index (κ2) is 6.23. The molecule has 0 saturated heterocycles. The van der Waals surface area contributed by atoms with E-state index in [-0.39, 0.29) is 0 Å². The number of nitrogens with zero attached hydrogens (tertiary/aromatic N) is 1. The minimum atomic E-state index is 0.805. The average Bonchev–Trinajstić information content (AvgIpc) is 2.23. The fourth-order valence-electron chi connectivity index (χ4n) is 1.61. The molecule has 0 amide bonds. The number of anilines is 1. The Morgan fingerprint density at radius 2 is 2.13 bits per heavy atom. The lowest BCUT2D eigenvalue weighted by molar-refractivity contribution is 0.717. The summed E-state index contributed by atoms with van der Waals surface area (Å²) in [5, 5.41) is 0. The second-order valence-corrected chi connectivity index (χ2v) is 3.81. The van der Waals surface area contributed by atoms with E-state index in [1.165, 1.54) is 24.8 Å². The lowest BCUT2D eigenvalue weighted by Gasteiger charge is -2.04. The molecule has 2 heteroatoms. The highest BCUT2D eigenvalue weighted by molar-refractivity contribution is 5.87. The summed E-state index contributed by atoms with van der Waals surface area (Å²) in [7, 11) is 1.77. The van der Waals surface area contributed by atoms with Gasteiger partial charge in [-0.25, -0.2) is 0 Å². The molecule has 0 unspecified atom stereocenters. The molecule has 0 heterocycles. The van der Waals surface area contributed by atoms with Gasteiger partial charge in [-0.15, -0.1) is 0 Å². The summed E-state index contributed by atoms with van der Waals surface area (Å²) in [4.78, 5) is 4.00. The fraction of sp³-hybridized carbons (Fsp3) is 0.462. The zero-order valence-electron chi connectivity index (χ0n) is 9.66. The maximum absolute atomic E-state index is 5.84. The topological polar surface area (TPSA) is 38.4 Å². The monoisotopic (exact) mass is 204 g/mol. The highest BCUT2D eigenvalue weighted by Gasteiger charge is 1.98. The molecule has 15 heavy (non-hydrogen) atoms. The number of aliphatic imine (C=N–C) groups is 1. The first kappa shape index (κ1) is 11.8. The van der Waals surface area contributed by atoms with Gasteiger partial charge in [0.2, 0.25) is 0 Å². The normalized spacial score (nSPS) is 11.1. The molecule has 0 aromatic heterocycles. The highest BCUT2D eigenvalue weighted by atomic mass is 14.6. The van der Waals surface area contributed by atoms with Gasteiger partial charge in [0.25, 0.3) is 0 Å². The Balaban J connectivity index is 2.69. The fourth-order valence-corrected chi connectivity index (χ4v) is 1.61. The van der Waals surface area contributed by atoms with Gasteiger partial charge in [0.05, 0.1) is 0 Å². The van der Waals surface area contributed by atoms with Gasteiger partial charge in [-0.2, -0.15) is 0 Å². The van der Waals surface area contributed by atoms with Crippen LogP contribution >= 0.6 is 0 Å². The third-order valence-electron chi connectivity index (χ3n) is 2.49. The lowest BCUT2D eigenvalue weighted by atomic mass is 10.0. The van der Waals surface area contributed by atoms with Crippen molar-refractivity contribution in [3.05, 3.63) is 29.3 Å². The third-order valence-corrected chi connectivity index (χ3v) is 2.49. The number of hydrogen-bond acceptors (Lipinski definition) is 2. The molecule has 0 aliphatic heterocycles. The van der Waals surface area contributed by atoms with Crippen LogP contribution in [0.5, 0.6) is 0 Å². The summed E-state index contributed by atoms with van der Waals surface area (Å²) < 4.78 is 0. The molecule has 0 radical (unpaired) electrons. The third kappa shape index (κ3) is 3.74. The lowest BCUT2D eigenvalue weighted by Crippen LogP contribution is -1.95. The summed E-state index contributed by atoms with van der Waals surface area (Å²) in [6, 6.07) is 6.22. The zero-order valence-corrected chi connectivity index (χ0v) is 9.66. The highest BCUT2D eigenvalue weighted by Crippen LogP contribution is 2.14. The van der Waals surface area contributed by atoms with E-state index in [0.29, 0.717) is 0 Å². The van der Waals surface area contributed by atoms with E-state index in [1.54, 1.807) is 7.05 Å². The second-order valence-electron chi connectivity index (χ2n) is 3.81. The van der Waals surface area contributed by atoms with E-state index >= 15 is 0 Å². The van der Waals surface area contributed by atoms with Crippen molar-refractivity contribution in [2.45, 2.75) is 32.6 Å². The van der Waals surface area contributed by atoms with Crippen molar-refractivity contribution in [1.82, 2.24) is 0 Å². The Morgan fingerprint density at radius 1 is 1.33 bits per heavy atom. The maximum atomic E-state index is 5.84. The van der Waals surface area contributed by atoms with Gasteiger partial charge < -0.3 is 5.73 Å². The van der Waals surface area contributed by atoms with E-state index in [2.05, 4.69) is 24.0 Å². The Morgan fingerprint density at radius 3 is 2.80 bits per heavy atom. The predicted molar refractivity (Wildman–Crippen MR) is 67.6 cm³/mol. The van der Waals surface area contributed by atoms with Crippen LogP contribution in [0.1, 0.15) is 37.3 Å². The summed E-state index contributed by atoms with van der Waals surface area (Å²) in [6.45, 7) is 2.22. The van der Waals surface area contributed by atoms with Gasteiger partial charge in [-0.05, 0) is 30.5 Å². The molecule has 2 N–H and O–H groups in total. The summed E-state index contributed by atoms with van der Waals surface area (Å²) >= 11 is 0. The molecule has 0 atom stereocenters. The van der Waals surface area contributed by atoms with Crippen molar-refractivity contribution in [3.63, 3.8) is 0 Å². The molecular formula is C13H20N2. The summed E-state index contributed by atoms with van der Waals surface area (Å²) in [5.74, 6) is 0. The first-order valence-corrected chi connectivity index (χ1v) is 5.58. The molecule has 0 aliphatic rings. The molecule has 0 fully saturated rings. The van der Waals surface area contributed by atoms with Crippen molar-refractivity contribution in [2.75, 3.05) is 12.8 Å². The molecule has 1 aromatic carbocycles. The molecule has 0 saturated carbocycles. The van der Waals surface area contributed by atoms with Gasteiger partial charge in [0.1, 0.15) is 0 Å². The molecule has 0 bridgehead atoms. The molecule has 1 rings (SSSR count).